The van der Waals surface area contributed by atoms with E-state index in [1.165, 1.54) is 18.2 Å². The number of aromatic nitrogens is 3. The van der Waals surface area contributed by atoms with Crippen molar-refractivity contribution in [2.75, 3.05) is 16.8 Å². The van der Waals surface area contributed by atoms with Crippen molar-refractivity contribution < 1.29 is 9.18 Å². The summed E-state index contributed by atoms with van der Waals surface area (Å²) in [6, 6.07) is 3.91. The Morgan fingerprint density at radius 1 is 1.32 bits per heavy atom. The first-order valence-electron chi connectivity index (χ1n) is 6.04. The number of nitrogen functional groups attached to an aromatic ring is 2. The average molecular weight is 343 g/mol. The van der Waals surface area contributed by atoms with Crippen LogP contribution in [-0.4, -0.2) is 26.1 Å². The quantitative estimate of drug-likeness (QED) is 0.726. The molecular formula is C12H12ClFN6OS. The number of amides is 1. The van der Waals surface area contributed by atoms with Gasteiger partial charge in [0, 0.05) is 5.69 Å². The first kappa shape index (κ1) is 16.2. The Hall–Kier alpha value is -2.13. The molecule has 116 valence electrons. The van der Waals surface area contributed by atoms with Crippen LogP contribution in [0.4, 0.5) is 22.0 Å². The molecule has 2 rings (SSSR count). The van der Waals surface area contributed by atoms with Gasteiger partial charge >= 0.3 is 0 Å². The van der Waals surface area contributed by atoms with Gasteiger partial charge in [-0.1, -0.05) is 23.4 Å². The van der Waals surface area contributed by atoms with E-state index in [1.807, 2.05) is 0 Å². The highest BCUT2D eigenvalue weighted by Crippen LogP contribution is 2.23. The Morgan fingerprint density at radius 2 is 1.95 bits per heavy atom. The lowest BCUT2D eigenvalue weighted by Gasteiger charge is -2.11. The number of rotatable bonds is 4. The summed E-state index contributed by atoms with van der Waals surface area (Å²) in [6.07, 6.45) is 0. The monoisotopic (exact) mass is 342 g/mol. The number of anilines is 3. The zero-order valence-electron chi connectivity index (χ0n) is 11.4. The largest absolute Gasteiger partial charge is 0.368 e. The van der Waals surface area contributed by atoms with Crippen LogP contribution < -0.4 is 16.8 Å². The summed E-state index contributed by atoms with van der Waals surface area (Å²) in [7, 11) is 0. The average Bonchev–Trinajstić information content (AvgIpc) is 2.41. The van der Waals surface area contributed by atoms with Crippen molar-refractivity contribution in [1.29, 1.82) is 0 Å². The fraction of sp³-hybridized carbons (Fsp3) is 0.167. The molecular weight excluding hydrogens is 331 g/mol. The minimum Gasteiger partial charge on any atom is -0.368 e. The van der Waals surface area contributed by atoms with Gasteiger partial charge < -0.3 is 16.8 Å². The Morgan fingerprint density at radius 3 is 2.55 bits per heavy atom. The fourth-order valence-corrected chi connectivity index (χ4v) is 2.43. The summed E-state index contributed by atoms with van der Waals surface area (Å²) in [6.45, 7) is 1.65. The molecule has 0 fully saturated rings. The van der Waals surface area contributed by atoms with Gasteiger partial charge in [-0.25, -0.2) is 4.39 Å². The Kier molecular flexibility index (Phi) is 4.99. The zero-order valence-corrected chi connectivity index (χ0v) is 13.0. The third-order valence-electron chi connectivity index (χ3n) is 2.49. The molecule has 0 unspecified atom stereocenters. The van der Waals surface area contributed by atoms with Crippen LogP contribution in [0.25, 0.3) is 0 Å². The van der Waals surface area contributed by atoms with E-state index in [9.17, 15) is 9.18 Å². The lowest BCUT2D eigenvalue weighted by Crippen LogP contribution is -2.23. The first-order chi connectivity index (χ1) is 10.3. The van der Waals surface area contributed by atoms with Crippen molar-refractivity contribution in [3.8, 4) is 0 Å². The number of benzene rings is 1. The molecule has 0 aliphatic heterocycles. The summed E-state index contributed by atoms with van der Waals surface area (Å²) in [5, 5.41) is 2.25. The van der Waals surface area contributed by atoms with Crippen molar-refractivity contribution in [3.63, 3.8) is 0 Å². The molecule has 0 bridgehead atoms. The number of hydrogen-bond acceptors (Lipinski definition) is 7. The SMILES string of the molecule is C[C@@H](Sc1nc(N)nc(N)n1)C(=O)Nc1ccc(F)c(Cl)c1. The number of carbonyl (C=O) groups excluding carboxylic acids is 1. The second-order valence-electron chi connectivity index (χ2n) is 4.21. The van der Waals surface area contributed by atoms with Crippen LogP contribution in [0.2, 0.25) is 5.02 Å². The van der Waals surface area contributed by atoms with Crippen LogP contribution in [0.1, 0.15) is 6.92 Å². The van der Waals surface area contributed by atoms with Gasteiger partial charge in [0.05, 0.1) is 10.3 Å². The van der Waals surface area contributed by atoms with E-state index in [1.54, 1.807) is 6.92 Å². The number of nitrogens with zero attached hydrogens (tertiary/aromatic N) is 3. The maximum atomic E-state index is 13.1. The van der Waals surface area contributed by atoms with Crippen molar-refractivity contribution in [3.05, 3.63) is 29.0 Å². The minimum absolute atomic E-state index is 0.0204. The minimum atomic E-state index is -0.557. The molecule has 0 aliphatic rings. The predicted octanol–water partition coefficient (Wildman–Crippen LogP) is 1.95. The maximum Gasteiger partial charge on any atom is 0.237 e. The lowest BCUT2D eigenvalue weighted by molar-refractivity contribution is -0.115. The summed E-state index contributed by atoms with van der Waals surface area (Å²) >= 11 is 6.72. The normalized spacial score (nSPS) is 12.0. The van der Waals surface area contributed by atoms with Crippen LogP contribution in [0.5, 0.6) is 0 Å². The van der Waals surface area contributed by atoms with Gasteiger partial charge in [-0.3, -0.25) is 4.79 Å². The highest BCUT2D eigenvalue weighted by atomic mass is 35.5. The molecule has 1 aromatic carbocycles. The summed E-state index contributed by atoms with van der Waals surface area (Å²) < 4.78 is 13.1. The number of halogens is 2. The third-order valence-corrected chi connectivity index (χ3v) is 3.74. The second-order valence-corrected chi connectivity index (χ2v) is 5.93. The molecule has 22 heavy (non-hydrogen) atoms. The van der Waals surface area contributed by atoms with E-state index in [0.717, 1.165) is 11.8 Å². The van der Waals surface area contributed by atoms with Crippen LogP contribution in [0.3, 0.4) is 0 Å². The van der Waals surface area contributed by atoms with Gasteiger partial charge in [-0.05, 0) is 25.1 Å². The molecule has 7 nitrogen and oxygen atoms in total. The number of hydrogen-bond donors (Lipinski definition) is 3. The molecule has 0 aliphatic carbocycles. The van der Waals surface area contributed by atoms with Crippen molar-refractivity contribution in [1.82, 2.24) is 15.0 Å². The van der Waals surface area contributed by atoms with Crippen molar-refractivity contribution in [2.24, 2.45) is 0 Å². The molecule has 2 aromatic rings. The van der Waals surface area contributed by atoms with Crippen molar-refractivity contribution in [2.45, 2.75) is 17.3 Å². The van der Waals surface area contributed by atoms with E-state index < -0.39 is 11.1 Å². The van der Waals surface area contributed by atoms with Crippen molar-refractivity contribution >= 4 is 46.9 Å². The van der Waals surface area contributed by atoms with E-state index in [2.05, 4.69) is 20.3 Å². The molecule has 0 spiro atoms. The molecule has 0 saturated heterocycles. The van der Waals surface area contributed by atoms with E-state index in [4.69, 9.17) is 23.1 Å². The Bertz CT molecular complexity index is 696. The van der Waals surface area contributed by atoms with Gasteiger partial charge in [0.1, 0.15) is 5.82 Å². The molecule has 1 amide bonds. The smallest absolute Gasteiger partial charge is 0.237 e. The van der Waals surface area contributed by atoms with Crippen LogP contribution in [0.15, 0.2) is 23.4 Å². The predicted molar refractivity (Wildman–Crippen MR) is 84.0 cm³/mol. The second kappa shape index (κ2) is 6.75. The van der Waals surface area contributed by atoms with Crippen LogP contribution >= 0.6 is 23.4 Å². The van der Waals surface area contributed by atoms with Gasteiger partial charge in [0.25, 0.3) is 0 Å². The summed E-state index contributed by atoms with van der Waals surface area (Å²) in [4.78, 5) is 23.5. The lowest BCUT2D eigenvalue weighted by atomic mass is 10.3. The third kappa shape index (κ3) is 4.18. The molecule has 0 radical (unpaired) electrons. The van der Waals surface area contributed by atoms with Crippen LogP contribution in [-0.2, 0) is 4.79 Å². The topological polar surface area (TPSA) is 120 Å². The number of carbonyl (C=O) groups is 1. The van der Waals surface area contributed by atoms with E-state index in [0.29, 0.717) is 5.69 Å². The number of nitrogens with two attached hydrogens (primary N) is 2. The fourth-order valence-electron chi connectivity index (χ4n) is 1.47. The number of thioether (sulfide) groups is 1. The molecule has 1 atom stereocenters. The molecule has 1 aromatic heterocycles. The Labute approximate surface area is 134 Å². The molecule has 1 heterocycles. The van der Waals surface area contributed by atoms with Crippen LogP contribution in [0, 0.1) is 5.82 Å². The van der Waals surface area contributed by atoms with Gasteiger partial charge in [0.15, 0.2) is 5.16 Å². The number of nitrogens with one attached hydrogen (secondary N) is 1. The van der Waals surface area contributed by atoms with E-state index in [-0.39, 0.29) is 28.0 Å². The highest BCUT2D eigenvalue weighted by Gasteiger charge is 2.17. The maximum absolute atomic E-state index is 13.1. The van der Waals surface area contributed by atoms with Gasteiger partial charge in [-0.2, -0.15) is 15.0 Å². The summed E-state index contributed by atoms with van der Waals surface area (Å²) in [5.74, 6) is -0.927. The van der Waals surface area contributed by atoms with Gasteiger partial charge in [-0.15, -0.1) is 0 Å². The standard InChI is InChI=1S/C12H12ClFN6OS/c1-5(22-12-19-10(15)18-11(16)20-12)9(21)17-6-2-3-8(14)7(13)4-6/h2-5H,1H3,(H,17,21)(H4,15,16,18,19,20)/t5-/m1/s1. The van der Waals surface area contributed by atoms with E-state index >= 15 is 0 Å². The van der Waals surface area contributed by atoms with Gasteiger partial charge in [0.2, 0.25) is 17.8 Å². The zero-order chi connectivity index (χ0) is 16.3. The summed E-state index contributed by atoms with van der Waals surface area (Å²) in [5.41, 5.74) is 11.3. The Balaban J connectivity index is 2.04. The molecule has 0 saturated carbocycles. The first-order valence-corrected chi connectivity index (χ1v) is 7.30. The molecule has 10 heteroatoms. The molecule has 5 N–H and O–H groups in total. The highest BCUT2D eigenvalue weighted by molar-refractivity contribution is 8.00.